The molecule has 0 atom stereocenters. The maximum Gasteiger partial charge on any atom is 0.287 e. The first kappa shape index (κ1) is 21.7. The molecule has 0 spiro atoms. The van der Waals surface area contributed by atoms with Crippen molar-refractivity contribution >= 4 is 11.4 Å². The predicted octanol–water partition coefficient (Wildman–Crippen LogP) is 2.76. The van der Waals surface area contributed by atoms with Crippen molar-refractivity contribution in [3.05, 3.63) is 121 Å². The quantitative estimate of drug-likeness (QED) is 0.279. The van der Waals surface area contributed by atoms with Gasteiger partial charge in [0.05, 0.1) is 6.20 Å². The molecule has 5 aromatic rings. The number of fused-ring (bicyclic) bond motifs is 1. The molecule has 5 rings (SSSR count). The van der Waals surface area contributed by atoms with E-state index in [1.807, 2.05) is 48.5 Å². The minimum atomic E-state index is 0. The average Bonchev–Trinajstić information content (AvgIpc) is 3.12. The lowest BCUT2D eigenvalue weighted by Crippen LogP contribution is -3.00. The SMILES string of the molecule is Cc1c(-c2ccc(-c3ccccc3)cc2)[n+](CC(=O)c2ccccc2)c2ccccn12.[Br-]. The Balaban J connectivity index is 0.00000245. The molecule has 2 heterocycles. The first-order valence-corrected chi connectivity index (χ1v) is 10.5. The molecule has 0 radical (unpaired) electrons. The van der Waals surface area contributed by atoms with E-state index in [1.165, 1.54) is 11.1 Å². The van der Waals surface area contributed by atoms with Crippen LogP contribution in [-0.2, 0) is 6.54 Å². The van der Waals surface area contributed by atoms with Crippen molar-refractivity contribution in [2.45, 2.75) is 13.5 Å². The Morgan fingerprint density at radius 1 is 0.719 bits per heavy atom. The Morgan fingerprint density at radius 3 is 1.97 bits per heavy atom. The van der Waals surface area contributed by atoms with Gasteiger partial charge in [-0.05, 0) is 29.3 Å². The lowest BCUT2D eigenvalue weighted by molar-refractivity contribution is -0.645. The highest BCUT2D eigenvalue weighted by Crippen LogP contribution is 2.26. The molecule has 0 bridgehead atoms. The van der Waals surface area contributed by atoms with Crippen LogP contribution in [0.25, 0.3) is 28.0 Å². The van der Waals surface area contributed by atoms with Crippen LogP contribution in [0, 0.1) is 6.92 Å². The minimum Gasteiger partial charge on any atom is -1.00 e. The van der Waals surface area contributed by atoms with Gasteiger partial charge in [-0.2, -0.15) is 4.40 Å². The molecule has 0 fully saturated rings. The monoisotopic (exact) mass is 482 g/mol. The largest absolute Gasteiger partial charge is 1.00 e. The van der Waals surface area contributed by atoms with Crippen LogP contribution < -0.4 is 21.5 Å². The highest BCUT2D eigenvalue weighted by Gasteiger charge is 2.26. The first-order chi connectivity index (χ1) is 15.2. The van der Waals surface area contributed by atoms with Crippen LogP contribution in [-0.4, -0.2) is 10.2 Å². The van der Waals surface area contributed by atoms with Gasteiger partial charge in [-0.15, -0.1) is 0 Å². The zero-order valence-electron chi connectivity index (χ0n) is 17.8. The summed E-state index contributed by atoms with van der Waals surface area (Å²) in [5.74, 6) is 0.101. The van der Waals surface area contributed by atoms with Crippen molar-refractivity contribution in [1.29, 1.82) is 0 Å². The summed E-state index contributed by atoms with van der Waals surface area (Å²) < 4.78 is 4.28. The molecule has 0 N–H and O–H groups in total. The fourth-order valence-electron chi connectivity index (χ4n) is 4.20. The lowest BCUT2D eigenvalue weighted by Gasteiger charge is -2.06. The molecule has 0 saturated carbocycles. The number of Topliss-reactive ketones (excluding diaryl/α,β-unsaturated/α-hetero) is 1. The number of hydrogen-bond donors (Lipinski definition) is 0. The second kappa shape index (κ2) is 9.33. The van der Waals surface area contributed by atoms with E-state index in [0.29, 0.717) is 6.54 Å². The molecule has 2 aromatic heterocycles. The number of carbonyl (C=O) groups is 1. The van der Waals surface area contributed by atoms with E-state index in [4.69, 9.17) is 0 Å². The van der Waals surface area contributed by atoms with Gasteiger partial charge in [-0.25, -0.2) is 4.57 Å². The average molecular weight is 483 g/mol. The number of nitrogens with zero attached hydrogens (tertiary/aromatic N) is 2. The molecule has 0 aliphatic heterocycles. The van der Waals surface area contributed by atoms with Gasteiger partial charge in [0, 0.05) is 24.1 Å². The summed E-state index contributed by atoms with van der Waals surface area (Å²) >= 11 is 0. The van der Waals surface area contributed by atoms with E-state index in [9.17, 15) is 4.79 Å². The molecule has 0 aliphatic rings. The Bertz CT molecular complexity index is 1360. The van der Waals surface area contributed by atoms with Gasteiger partial charge < -0.3 is 17.0 Å². The van der Waals surface area contributed by atoms with Crippen LogP contribution in [0.1, 0.15) is 16.1 Å². The summed E-state index contributed by atoms with van der Waals surface area (Å²) in [6.45, 7) is 2.40. The Labute approximate surface area is 198 Å². The molecule has 3 aromatic carbocycles. The van der Waals surface area contributed by atoms with E-state index in [-0.39, 0.29) is 22.8 Å². The van der Waals surface area contributed by atoms with Gasteiger partial charge >= 0.3 is 0 Å². The molecular formula is C28H23BrN2O. The topological polar surface area (TPSA) is 25.4 Å². The van der Waals surface area contributed by atoms with Gasteiger partial charge in [0.2, 0.25) is 5.78 Å². The van der Waals surface area contributed by atoms with E-state index >= 15 is 0 Å². The summed E-state index contributed by atoms with van der Waals surface area (Å²) in [6, 6.07) is 34.6. The number of ketones is 1. The lowest BCUT2D eigenvalue weighted by atomic mass is 10.0. The van der Waals surface area contributed by atoms with E-state index < -0.39 is 0 Å². The van der Waals surface area contributed by atoms with Crippen molar-refractivity contribution in [1.82, 2.24) is 4.40 Å². The van der Waals surface area contributed by atoms with Gasteiger partial charge in [0.15, 0.2) is 17.9 Å². The van der Waals surface area contributed by atoms with Crippen LogP contribution in [0.2, 0.25) is 0 Å². The number of hydrogen-bond acceptors (Lipinski definition) is 1. The molecular weight excluding hydrogens is 460 g/mol. The van der Waals surface area contributed by atoms with Crippen molar-refractivity contribution in [3.8, 4) is 22.4 Å². The van der Waals surface area contributed by atoms with Crippen LogP contribution in [0.4, 0.5) is 0 Å². The van der Waals surface area contributed by atoms with Gasteiger partial charge in [-0.1, -0.05) is 78.9 Å². The zero-order valence-corrected chi connectivity index (χ0v) is 19.4. The van der Waals surface area contributed by atoms with E-state index in [0.717, 1.165) is 28.2 Å². The molecule has 32 heavy (non-hydrogen) atoms. The van der Waals surface area contributed by atoms with Gasteiger partial charge in [0.1, 0.15) is 0 Å². The maximum atomic E-state index is 13.1. The first-order valence-electron chi connectivity index (χ1n) is 10.5. The molecule has 0 unspecified atom stereocenters. The molecule has 0 saturated heterocycles. The van der Waals surface area contributed by atoms with Gasteiger partial charge in [-0.3, -0.25) is 4.79 Å². The third kappa shape index (κ3) is 4.02. The highest BCUT2D eigenvalue weighted by atomic mass is 79.9. The number of halogens is 1. The number of pyridine rings is 1. The van der Waals surface area contributed by atoms with Crippen molar-refractivity contribution < 1.29 is 26.3 Å². The Morgan fingerprint density at radius 2 is 1.28 bits per heavy atom. The summed E-state index contributed by atoms with van der Waals surface area (Å²) in [6.07, 6.45) is 2.05. The van der Waals surface area contributed by atoms with E-state index in [1.54, 1.807) is 0 Å². The van der Waals surface area contributed by atoms with Crippen molar-refractivity contribution in [3.63, 3.8) is 0 Å². The minimum absolute atomic E-state index is 0. The Hall–Kier alpha value is -3.50. The highest BCUT2D eigenvalue weighted by molar-refractivity contribution is 5.95. The summed E-state index contributed by atoms with van der Waals surface area (Å²) in [5.41, 5.74) is 7.39. The summed E-state index contributed by atoms with van der Waals surface area (Å²) in [7, 11) is 0. The second-order valence-electron chi connectivity index (χ2n) is 7.68. The number of rotatable bonds is 5. The van der Waals surface area contributed by atoms with Crippen LogP contribution in [0.3, 0.4) is 0 Å². The normalized spacial score (nSPS) is 10.7. The van der Waals surface area contributed by atoms with Crippen molar-refractivity contribution in [2.75, 3.05) is 0 Å². The fourth-order valence-corrected chi connectivity index (χ4v) is 4.20. The zero-order chi connectivity index (χ0) is 21.2. The third-order valence-electron chi connectivity index (χ3n) is 5.75. The van der Waals surface area contributed by atoms with E-state index in [2.05, 4.69) is 76.7 Å². The van der Waals surface area contributed by atoms with Crippen LogP contribution in [0.5, 0.6) is 0 Å². The number of imidazole rings is 1. The molecule has 158 valence electrons. The molecule has 0 amide bonds. The standard InChI is InChI=1S/C28H23N2O.BrH/c1-21-28(25-17-15-23(16-18-25)22-10-4-2-5-11-22)30(27-14-8-9-19-29(21)27)20-26(31)24-12-6-3-7-13-24;/h2-19H,20H2,1H3;1H/q+1;/p-1. The maximum absolute atomic E-state index is 13.1. The number of aryl methyl sites for hydroxylation is 1. The fraction of sp³-hybridized carbons (Fsp3) is 0.0714. The summed E-state index contributed by atoms with van der Waals surface area (Å²) in [5, 5.41) is 0. The van der Waals surface area contributed by atoms with Crippen molar-refractivity contribution in [2.24, 2.45) is 0 Å². The molecule has 4 heteroatoms. The number of benzene rings is 3. The number of carbonyl (C=O) groups excluding carboxylic acids is 1. The van der Waals surface area contributed by atoms with Gasteiger partial charge in [0.25, 0.3) is 5.65 Å². The van der Waals surface area contributed by atoms with Crippen LogP contribution in [0.15, 0.2) is 109 Å². The number of aromatic nitrogens is 2. The van der Waals surface area contributed by atoms with Crippen LogP contribution >= 0.6 is 0 Å². The second-order valence-corrected chi connectivity index (χ2v) is 7.68. The third-order valence-corrected chi connectivity index (χ3v) is 5.75. The molecule has 0 aliphatic carbocycles. The smallest absolute Gasteiger partial charge is 0.287 e. The predicted molar refractivity (Wildman–Crippen MR) is 124 cm³/mol. The molecule has 3 nitrogen and oxygen atoms in total. The summed E-state index contributed by atoms with van der Waals surface area (Å²) in [4.78, 5) is 13.1. The Kier molecular flexibility index (Phi) is 6.33.